The first-order valence-corrected chi connectivity index (χ1v) is 7.99. The van der Waals surface area contributed by atoms with Crippen molar-refractivity contribution in [2.75, 3.05) is 32.8 Å². The summed E-state index contributed by atoms with van der Waals surface area (Å²) in [5, 5.41) is 49.0. The molecule has 0 spiro atoms. The van der Waals surface area contributed by atoms with Crippen LogP contribution in [-0.4, -0.2) is 98.7 Å². The Hall–Kier alpha value is -0.280. The SMILES string of the molecule is CC12CN3CC(C)(CN(C1)C3[C@H](O)[C@H](O)[C@@H](O)[C@@H](O)CO)C2. The zero-order valence-electron chi connectivity index (χ0n) is 13.3. The van der Waals surface area contributed by atoms with Gasteiger partial charge in [0.2, 0.25) is 0 Å². The maximum Gasteiger partial charge on any atom is 0.111 e. The molecular weight excluding hydrogens is 288 g/mol. The normalized spacial score (nSPS) is 49.0. The molecule has 4 rings (SSSR count). The predicted octanol–water partition coefficient (Wildman–Crippen LogP) is -2.20. The number of aliphatic hydroxyl groups is 5. The molecule has 4 fully saturated rings. The third kappa shape index (κ3) is 2.58. The molecule has 7 heteroatoms. The molecule has 0 aromatic heterocycles. The Balaban J connectivity index is 1.76. The molecule has 7 nitrogen and oxygen atoms in total. The summed E-state index contributed by atoms with van der Waals surface area (Å²) in [6, 6.07) is 0. The van der Waals surface area contributed by atoms with Crippen molar-refractivity contribution >= 4 is 0 Å². The second-order valence-corrected chi connectivity index (χ2v) is 8.24. The van der Waals surface area contributed by atoms with E-state index in [0.29, 0.717) is 0 Å². The van der Waals surface area contributed by atoms with Crippen molar-refractivity contribution in [2.45, 2.75) is 50.8 Å². The minimum absolute atomic E-state index is 0.204. The number of piperidine rings is 2. The molecule has 4 saturated heterocycles. The molecule has 4 aliphatic rings. The van der Waals surface area contributed by atoms with Gasteiger partial charge in [0.05, 0.1) is 12.8 Å². The minimum atomic E-state index is -1.56. The largest absolute Gasteiger partial charge is 0.394 e. The van der Waals surface area contributed by atoms with Gasteiger partial charge in [0.25, 0.3) is 0 Å². The maximum atomic E-state index is 10.5. The molecule has 0 aromatic rings. The summed E-state index contributed by atoms with van der Waals surface area (Å²) in [7, 11) is 0. The minimum Gasteiger partial charge on any atom is -0.394 e. The molecule has 4 aliphatic heterocycles. The number of hydrogen-bond donors (Lipinski definition) is 5. The third-order valence-corrected chi connectivity index (χ3v) is 5.53. The highest BCUT2D eigenvalue weighted by molar-refractivity contribution is 5.09. The topological polar surface area (TPSA) is 108 Å². The van der Waals surface area contributed by atoms with Crippen molar-refractivity contribution in [2.24, 2.45) is 10.8 Å². The van der Waals surface area contributed by atoms with Crippen LogP contribution in [0.4, 0.5) is 0 Å². The summed E-state index contributed by atoms with van der Waals surface area (Å²) < 4.78 is 0. The van der Waals surface area contributed by atoms with Crippen LogP contribution < -0.4 is 0 Å². The Morgan fingerprint density at radius 3 is 1.77 bits per heavy atom. The highest BCUT2D eigenvalue weighted by atomic mass is 16.4. The quantitative estimate of drug-likeness (QED) is 0.392. The van der Waals surface area contributed by atoms with E-state index in [2.05, 4.69) is 23.6 Å². The first-order valence-electron chi connectivity index (χ1n) is 7.99. The molecule has 0 aromatic carbocycles. The van der Waals surface area contributed by atoms with Crippen LogP contribution >= 0.6 is 0 Å². The van der Waals surface area contributed by atoms with Gasteiger partial charge in [-0.25, -0.2) is 0 Å². The van der Waals surface area contributed by atoms with E-state index in [1.807, 2.05) is 0 Å². The van der Waals surface area contributed by atoms with E-state index in [-0.39, 0.29) is 17.0 Å². The number of rotatable bonds is 5. The van der Waals surface area contributed by atoms with Crippen LogP contribution in [0.3, 0.4) is 0 Å². The zero-order valence-corrected chi connectivity index (χ0v) is 13.3. The average molecular weight is 316 g/mol. The Morgan fingerprint density at radius 1 is 0.909 bits per heavy atom. The summed E-state index contributed by atoms with van der Waals surface area (Å²) in [4.78, 5) is 4.37. The molecule has 5 N–H and O–H groups in total. The van der Waals surface area contributed by atoms with Crippen molar-refractivity contribution in [1.29, 1.82) is 0 Å². The van der Waals surface area contributed by atoms with Gasteiger partial charge in [-0.05, 0) is 17.3 Å². The fourth-order valence-electron chi connectivity index (χ4n) is 5.18. The second kappa shape index (κ2) is 5.37. The van der Waals surface area contributed by atoms with Gasteiger partial charge in [-0.3, -0.25) is 9.80 Å². The zero-order chi connectivity index (χ0) is 16.3. The summed E-state index contributed by atoms with van der Waals surface area (Å²) in [6.45, 7) is 7.33. The molecule has 0 amide bonds. The van der Waals surface area contributed by atoms with Crippen LogP contribution in [0.1, 0.15) is 20.3 Å². The summed E-state index contributed by atoms with van der Waals surface area (Å²) in [5.41, 5.74) is 0.408. The Labute approximate surface area is 130 Å². The van der Waals surface area contributed by atoms with Crippen LogP contribution in [0.2, 0.25) is 0 Å². The average Bonchev–Trinajstić information content (AvgIpc) is 2.41. The lowest BCUT2D eigenvalue weighted by atomic mass is 9.63. The maximum absolute atomic E-state index is 10.5. The van der Waals surface area contributed by atoms with Crippen LogP contribution in [-0.2, 0) is 0 Å². The molecule has 0 saturated carbocycles. The fourth-order valence-corrected chi connectivity index (χ4v) is 5.18. The molecule has 0 aliphatic carbocycles. The highest BCUT2D eigenvalue weighted by Crippen LogP contribution is 2.51. The van der Waals surface area contributed by atoms with Crippen molar-refractivity contribution in [3.05, 3.63) is 0 Å². The van der Waals surface area contributed by atoms with Gasteiger partial charge < -0.3 is 25.5 Å². The van der Waals surface area contributed by atoms with E-state index in [1.54, 1.807) is 0 Å². The lowest BCUT2D eigenvalue weighted by Gasteiger charge is -2.67. The molecule has 4 heterocycles. The molecule has 4 bridgehead atoms. The van der Waals surface area contributed by atoms with Crippen molar-refractivity contribution in [1.82, 2.24) is 9.80 Å². The lowest BCUT2D eigenvalue weighted by Crippen LogP contribution is -2.77. The Morgan fingerprint density at radius 2 is 1.36 bits per heavy atom. The number of nitrogens with zero attached hydrogens (tertiary/aromatic N) is 2. The summed E-state index contributed by atoms with van der Waals surface area (Å²) >= 11 is 0. The van der Waals surface area contributed by atoms with E-state index in [0.717, 1.165) is 26.2 Å². The molecular formula is C15H28N2O5. The van der Waals surface area contributed by atoms with E-state index in [9.17, 15) is 20.4 Å². The van der Waals surface area contributed by atoms with Crippen LogP contribution in [0, 0.1) is 10.8 Å². The molecule has 128 valence electrons. The number of hydrogen-bond acceptors (Lipinski definition) is 7. The summed E-state index contributed by atoms with van der Waals surface area (Å²) in [5.74, 6) is 0. The van der Waals surface area contributed by atoms with Crippen LogP contribution in [0.25, 0.3) is 0 Å². The Kier molecular flexibility index (Phi) is 4.05. The predicted molar refractivity (Wildman–Crippen MR) is 78.9 cm³/mol. The van der Waals surface area contributed by atoms with Crippen molar-refractivity contribution in [3.63, 3.8) is 0 Å². The molecule has 0 radical (unpaired) electrons. The van der Waals surface area contributed by atoms with Gasteiger partial charge in [-0.1, -0.05) is 13.8 Å². The van der Waals surface area contributed by atoms with E-state index >= 15 is 0 Å². The first kappa shape index (κ1) is 16.6. The highest BCUT2D eigenvalue weighted by Gasteiger charge is 2.58. The third-order valence-electron chi connectivity index (χ3n) is 5.53. The van der Waals surface area contributed by atoms with Gasteiger partial charge in [-0.15, -0.1) is 0 Å². The standard InChI is InChI=1S/C15H28N2O5/c1-14-4-15(2)7-16(5-14)13(17(6-14)8-15)12(22)11(21)10(20)9(19)3-18/h9-13,18-22H,3-8H2,1-2H3/t9-,10-,11+,12+,13?,14?,15?/m0/s1. The van der Waals surface area contributed by atoms with Crippen molar-refractivity contribution < 1.29 is 25.5 Å². The monoisotopic (exact) mass is 316 g/mol. The first-order chi connectivity index (χ1) is 10.2. The lowest BCUT2D eigenvalue weighted by molar-refractivity contribution is -0.237. The summed E-state index contributed by atoms with van der Waals surface area (Å²) in [6.07, 6.45) is -4.89. The fraction of sp³-hybridized carbons (Fsp3) is 1.00. The van der Waals surface area contributed by atoms with Gasteiger partial charge in [0.1, 0.15) is 24.4 Å². The van der Waals surface area contributed by atoms with Gasteiger partial charge in [0, 0.05) is 26.2 Å². The van der Waals surface area contributed by atoms with Gasteiger partial charge in [0.15, 0.2) is 0 Å². The van der Waals surface area contributed by atoms with E-state index < -0.39 is 31.0 Å². The van der Waals surface area contributed by atoms with Gasteiger partial charge in [-0.2, -0.15) is 0 Å². The second-order valence-electron chi connectivity index (χ2n) is 8.24. The van der Waals surface area contributed by atoms with E-state index in [1.165, 1.54) is 6.42 Å². The smallest absolute Gasteiger partial charge is 0.111 e. The van der Waals surface area contributed by atoms with E-state index in [4.69, 9.17) is 5.11 Å². The Bertz CT molecular complexity index is 398. The molecule has 4 atom stereocenters. The number of aliphatic hydroxyl groups excluding tert-OH is 5. The molecule has 22 heavy (non-hydrogen) atoms. The van der Waals surface area contributed by atoms with Crippen LogP contribution in [0.5, 0.6) is 0 Å². The molecule has 0 unspecified atom stereocenters. The van der Waals surface area contributed by atoms with Crippen molar-refractivity contribution in [3.8, 4) is 0 Å². The van der Waals surface area contributed by atoms with Crippen LogP contribution in [0.15, 0.2) is 0 Å². The van der Waals surface area contributed by atoms with Gasteiger partial charge >= 0.3 is 0 Å².